The van der Waals surface area contributed by atoms with Gasteiger partial charge in [-0.1, -0.05) is 0 Å². The number of hydrogen-bond acceptors (Lipinski definition) is 4. The van der Waals surface area contributed by atoms with E-state index in [1.165, 1.54) is 4.90 Å². The maximum atomic E-state index is 11.9. The number of rotatable bonds is 5. The van der Waals surface area contributed by atoms with Gasteiger partial charge in [0.1, 0.15) is 0 Å². The minimum absolute atomic E-state index is 0.121. The lowest BCUT2D eigenvalue weighted by Crippen LogP contribution is -2.54. The summed E-state index contributed by atoms with van der Waals surface area (Å²) in [6.45, 7) is 3.03. The van der Waals surface area contributed by atoms with Gasteiger partial charge in [0.05, 0.1) is 32.2 Å². The van der Waals surface area contributed by atoms with Crippen LogP contribution in [0.5, 0.6) is 0 Å². The molecule has 8 nitrogen and oxygen atoms in total. The molecule has 3 N–H and O–H groups in total. The number of morpholine rings is 1. The summed E-state index contributed by atoms with van der Waals surface area (Å²) in [4.78, 5) is 35.2. The number of carboxylic acid groups (broad SMARTS) is 1. The van der Waals surface area contributed by atoms with Gasteiger partial charge in [0.15, 0.2) is 0 Å². The molecule has 19 heavy (non-hydrogen) atoms. The smallest absolute Gasteiger partial charge is 0.318 e. The Hall–Kier alpha value is -1.83. The number of amides is 3. The second kappa shape index (κ2) is 7.57. The van der Waals surface area contributed by atoms with Gasteiger partial charge >= 0.3 is 12.0 Å². The van der Waals surface area contributed by atoms with Crippen molar-refractivity contribution in [3.63, 3.8) is 0 Å². The molecule has 0 bridgehead atoms. The highest BCUT2D eigenvalue weighted by Crippen LogP contribution is 2.10. The van der Waals surface area contributed by atoms with Crippen LogP contribution in [-0.4, -0.2) is 66.8 Å². The Labute approximate surface area is 111 Å². The highest BCUT2D eigenvalue weighted by atomic mass is 16.5. The van der Waals surface area contributed by atoms with E-state index in [1.807, 2.05) is 0 Å². The number of carbonyl (C=O) groups is 3. The van der Waals surface area contributed by atoms with E-state index in [9.17, 15) is 14.4 Å². The van der Waals surface area contributed by atoms with Crippen LogP contribution in [0.25, 0.3) is 0 Å². The Morgan fingerprint density at radius 2 is 2.11 bits per heavy atom. The normalized spacial score (nSPS) is 18.8. The minimum Gasteiger partial charge on any atom is -0.481 e. The lowest BCUT2D eigenvalue weighted by Gasteiger charge is -2.34. The maximum Gasteiger partial charge on any atom is 0.318 e. The average molecular weight is 273 g/mol. The van der Waals surface area contributed by atoms with E-state index in [1.54, 1.807) is 6.92 Å². The van der Waals surface area contributed by atoms with Crippen molar-refractivity contribution in [1.82, 2.24) is 15.5 Å². The summed E-state index contributed by atoms with van der Waals surface area (Å²) in [7, 11) is 0. The van der Waals surface area contributed by atoms with Crippen molar-refractivity contribution in [2.75, 3.05) is 32.8 Å². The first-order valence-electron chi connectivity index (χ1n) is 6.15. The summed E-state index contributed by atoms with van der Waals surface area (Å²) in [5, 5.41) is 13.8. The molecule has 1 aliphatic heterocycles. The van der Waals surface area contributed by atoms with Crippen LogP contribution < -0.4 is 10.6 Å². The molecule has 0 aromatic carbocycles. The number of nitrogens with zero attached hydrogens (tertiary/aromatic N) is 1. The Bertz CT molecular complexity index is 347. The number of nitrogens with one attached hydrogen (secondary N) is 2. The van der Waals surface area contributed by atoms with E-state index in [0.717, 1.165) is 0 Å². The van der Waals surface area contributed by atoms with Crippen molar-refractivity contribution < 1.29 is 24.2 Å². The molecule has 1 atom stereocenters. The zero-order valence-corrected chi connectivity index (χ0v) is 10.8. The molecule has 0 saturated carbocycles. The fourth-order valence-corrected chi connectivity index (χ4v) is 1.81. The van der Waals surface area contributed by atoms with Gasteiger partial charge in [0.2, 0.25) is 5.91 Å². The average Bonchev–Trinajstić information content (AvgIpc) is 2.36. The van der Waals surface area contributed by atoms with Crippen LogP contribution in [0, 0.1) is 0 Å². The molecule has 108 valence electrons. The summed E-state index contributed by atoms with van der Waals surface area (Å²) in [5.74, 6) is -1.27. The van der Waals surface area contributed by atoms with Crippen LogP contribution in [0.4, 0.5) is 4.79 Å². The standard InChI is InChI=1S/C11H19N3O5/c1-2-12-9(15)6-13-11(18)14-3-4-19-7-8(14)5-10(16)17/h8H,2-7H2,1H3,(H,12,15)(H,13,18)(H,16,17). The van der Waals surface area contributed by atoms with E-state index in [2.05, 4.69) is 10.6 Å². The molecule has 0 aliphatic carbocycles. The molecule has 0 aromatic rings. The van der Waals surface area contributed by atoms with Crippen molar-refractivity contribution in [3.8, 4) is 0 Å². The minimum atomic E-state index is -0.989. The molecule has 3 amide bonds. The van der Waals surface area contributed by atoms with E-state index in [4.69, 9.17) is 9.84 Å². The predicted molar refractivity (Wildman–Crippen MR) is 65.6 cm³/mol. The second-order valence-electron chi connectivity index (χ2n) is 4.13. The highest BCUT2D eigenvalue weighted by Gasteiger charge is 2.29. The van der Waals surface area contributed by atoms with Crippen LogP contribution in [-0.2, 0) is 14.3 Å². The summed E-state index contributed by atoms with van der Waals surface area (Å²) >= 11 is 0. The fourth-order valence-electron chi connectivity index (χ4n) is 1.81. The molecule has 8 heteroatoms. The number of carboxylic acids is 1. The molecule has 1 aliphatic rings. The molecular formula is C11H19N3O5. The number of carbonyl (C=O) groups excluding carboxylic acids is 2. The van der Waals surface area contributed by atoms with E-state index in [0.29, 0.717) is 19.7 Å². The lowest BCUT2D eigenvalue weighted by molar-refractivity contribution is -0.139. The van der Waals surface area contributed by atoms with Gasteiger partial charge in [-0.25, -0.2) is 4.79 Å². The van der Waals surface area contributed by atoms with E-state index >= 15 is 0 Å². The molecule has 1 heterocycles. The van der Waals surface area contributed by atoms with Crippen LogP contribution in [0.15, 0.2) is 0 Å². The topological polar surface area (TPSA) is 108 Å². The number of aliphatic carboxylic acids is 1. The molecule has 1 saturated heterocycles. The van der Waals surface area contributed by atoms with Crippen molar-refractivity contribution in [3.05, 3.63) is 0 Å². The summed E-state index contributed by atoms with van der Waals surface area (Å²) < 4.78 is 5.16. The Balaban J connectivity index is 2.47. The third-order valence-electron chi connectivity index (χ3n) is 2.67. The Kier molecular flexibility index (Phi) is 6.07. The van der Waals surface area contributed by atoms with Crippen molar-refractivity contribution in [1.29, 1.82) is 0 Å². The molecule has 0 aromatic heterocycles. The summed E-state index contributed by atoms with van der Waals surface area (Å²) in [6.07, 6.45) is -0.172. The zero-order chi connectivity index (χ0) is 14.3. The largest absolute Gasteiger partial charge is 0.481 e. The van der Waals surface area contributed by atoms with Gasteiger partial charge in [-0.2, -0.15) is 0 Å². The van der Waals surface area contributed by atoms with Crippen molar-refractivity contribution in [2.24, 2.45) is 0 Å². The molecular weight excluding hydrogens is 254 g/mol. The molecule has 0 spiro atoms. The monoisotopic (exact) mass is 273 g/mol. The van der Waals surface area contributed by atoms with E-state index < -0.39 is 18.0 Å². The quantitative estimate of drug-likeness (QED) is 0.596. The van der Waals surface area contributed by atoms with Crippen LogP contribution in [0.2, 0.25) is 0 Å². The van der Waals surface area contributed by atoms with Crippen LogP contribution in [0.1, 0.15) is 13.3 Å². The fraction of sp³-hybridized carbons (Fsp3) is 0.727. The molecule has 1 unspecified atom stereocenters. The third-order valence-corrected chi connectivity index (χ3v) is 2.67. The number of urea groups is 1. The number of hydrogen-bond donors (Lipinski definition) is 3. The first-order chi connectivity index (χ1) is 9.04. The highest BCUT2D eigenvalue weighted by molar-refractivity contribution is 5.84. The third kappa shape index (κ3) is 5.12. The first-order valence-corrected chi connectivity index (χ1v) is 6.15. The van der Waals surface area contributed by atoms with Crippen molar-refractivity contribution >= 4 is 17.9 Å². The Morgan fingerprint density at radius 3 is 2.74 bits per heavy atom. The van der Waals surface area contributed by atoms with Crippen LogP contribution >= 0.6 is 0 Å². The first kappa shape index (κ1) is 15.2. The number of likely N-dealkylation sites (N-methyl/N-ethyl adjacent to an activating group) is 1. The maximum absolute atomic E-state index is 11.9. The van der Waals surface area contributed by atoms with Crippen molar-refractivity contribution in [2.45, 2.75) is 19.4 Å². The van der Waals surface area contributed by atoms with Gasteiger partial charge in [0.25, 0.3) is 0 Å². The molecule has 1 fully saturated rings. The van der Waals surface area contributed by atoms with E-state index in [-0.39, 0.29) is 25.5 Å². The summed E-state index contributed by atoms with van der Waals surface area (Å²) in [5.41, 5.74) is 0. The van der Waals surface area contributed by atoms with Gasteiger partial charge < -0.3 is 25.4 Å². The molecule has 0 radical (unpaired) electrons. The second-order valence-corrected chi connectivity index (χ2v) is 4.13. The van der Waals surface area contributed by atoms with Gasteiger partial charge in [-0.05, 0) is 6.92 Å². The van der Waals surface area contributed by atoms with Gasteiger partial charge in [-0.3, -0.25) is 9.59 Å². The summed E-state index contributed by atoms with van der Waals surface area (Å²) in [6, 6.07) is -0.943. The van der Waals surface area contributed by atoms with Gasteiger partial charge in [0, 0.05) is 13.1 Å². The SMILES string of the molecule is CCNC(=O)CNC(=O)N1CCOCC1CC(=O)O. The molecule has 1 rings (SSSR count). The lowest BCUT2D eigenvalue weighted by atomic mass is 10.1. The van der Waals surface area contributed by atoms with Crippen LogP contribution in [0.3, 0.4) is 0 Å². The zero-order valence-electron chi connectivity index (χ0n) is 10.8. The Morgan fingerprint density at radius 1 is 1.37 bits per heavy atom. The number of ether oxygens (including phenoxy) is 1. The predicted octanol–water partition coefficient (Wildman–Crippen LogP) is -0.992. The van der Waals surface area contributed by atoms with Gasteiger partial charge in [-0.15, -0.1) is 0 Å².